The van der Waals surface area contributed by atoms with Crippen LogP contribution < -0.4 is 15.4 Å². The molecule has 4 aromatic carbocycles. The first-order valence-electron chi connectivity index (χ1n) is 9.65. The van der Waals surface area contributed by atoms with Crippen molar-refractivity contribution >= 4 is 39.7 Å². The van der Waals surface area contributed by atoms with Crippen molar-refractivity contribution in [1.82, 2.24) is 0 Å². The largest absolute Gasteiger partial charge is 0.455 e. The third-order valence-corrected chi connectivity index (χ3v) is 4.97. The maximum Gasteiger partial charge on any atom is 0.221 e. The summed E-state index contributed by atoms with van der Waals surface area (Å²) in [6, 6.07) is 27.1. The van der Waals surface area contributed by atoms with Crippen molar-refractivity contribution in [3.8, 4) is 11.5 Å². The summed E-state index contributed by atoms with van der Waals surface area (Å²) in [6.07, 6.45) is 0. The molecule has 0 aliphatic heterocycles. The average Bonchev–Trinajstić information content (AvgIpc) is 2.75. The zero-order valence-corrected chi connectivity index (χ0v) is 17.2. The number of rotatable bonds is 6. The van der Waals surface area contributed by atoms with E-state index in [0.717, 1.165) is 27.7 Å². The maximum atomic E-state index is 11.8. The fraction of sp³-hybridized carbons (Fsp3) is 0.0800. The Morgan fingerprint density at radius 3 is 2.43 bits per heavy atom. The van der Waals surface area contributed by atoms with Gasteiger partial charge in [-0.2, -0.15) is 0 Å². The molecule has 2 N–H and O–H groups in total. The predicted octanol–water partition coefficient (Wildman–Crippen LogP) is 6.86. The number of anilines is 2. The second kappa shape index (κ2) is 8.89. The Bertz CT molecular complexity index is 1190. The molecule has 4 nitrogen and oxygen atoms in total. The van der Waals surface area contributed by atoms with E-state index in [4.69, 9.17) is 16.3 Å². The molecular formula is C25H21ClN2O2. The van der Waals surface area contributed by atoms with Crippen molar-refractivity contribution in [2.45, 2.75) is 13.5 Å². The van der Waals surface area contributed by atoms with Gasteiger partial charge in [-0.3, -0.25) is 4.79 Å². The van der Waals surface area contributed by atoms with E-state index in [1.54, 1.807) is 12.1 Å². The van der Waals surface area contributed by atoms with Crippen LogP contribution in [0.5, 0.6) is 11.5 Å². The summed E-state index contributed by atoms with van der Waals surface area (Å²) in [4.78, 5) is 11.8. The zero-order valence-electron chi connectivity index (χ0n) is 16.5. The quantitative estimate of drug-likeness (QED) is 0.361. The maximum absolute atomic E-state index is 11.8. The molecule has 1 amide bonds. The molecule has 0 unspecified atom stereocenters. The van der Waals surface area contributed by atoms with Gasteiger partial charge in [0, 0.05) is 23.9 Å². The standard InChI is InChI=1S/C25H21ClN2O2/c1-17(29)28-25-19(11-10-18-6-2-3-7-22(18)25)16-27-23-8-4-5-9-24(23)30-21-14-12-20(26)13-15-21/h2-15,27H,16H2,1H3,(H,28,29). The average molecular weight is 417 g/mol. The van der Waals surface area contributed by atoms with E-state index in [9.17, 15) is 4.79 Å². The first-order chi connectivity index (χ1) is 14.6. The topological polar surface area (TPSA) is 50.4 Å². The Labute approximate surface area is 180 Å². The van der Waals surface area contributed by atoms with Crippen LogP contribution in [0.3, 0.4) is 0 Å². The number of hydrogen-bond acceptors (Lipinski definition) is 3. The molecule has 0 heterocycles. The van der Waals surface area contributed by atoms with E-state index in [1.165, 1.54) is 6.92 Å². The number of amides is 1. The van der Waals surface area contributed by atoms with Crippen LogP contribution in [0.1, 0.15) is 12.5 Å². The molecule has 0 aromatic heterocycles. The van der Waals surface area contributed by atoms with Crippen LogP contribution in [-0.2, 0) is 11.3 Å². The normalized spacial score (nSPS) is 10.6. The van der Waals surface area contributed by atoms with Crippen molar-refractivity contribution < 1.29 is 9.53 Å². The molecule has 0 bridgehead atoms. The second-order valence-corrected chi connectivity index (χ2v) is 7.34. The molecule has 0 atom stereocenters. The molecule has 0 aliphatic carbocycles. The first kappa shape index (κ1) is 19.8. The van der Waals surface area contributed by atoms with Crippen LogP contribution in [0, 0.1) is 0 Å². The molecule has 0 spiro atoms. The number of para-hydroxylation sites is 2. The van der Waals surface area contributed by atoms with Gasteiger partial charge in [0.15, 0.2) is 5.75 Å². The van der Waals surface area contributed by atoms with Gasteiger partial charge in [0.25, 0.3) is 0 Å². The number of carbonyl (C=O) groups excluding carboxylic acids is 1. The minimum atomic E-state index is -0.0981. The molecule has 4 aromatic rings. The van der Waals surface area contributed by atoms with E-state index in [0.29, 0.717) is 23.1 Å². The second-order valence-electron chi connectivity index (χ2n) is 6.91. The molecule has 150 valence electrons. The van der Waals surface area contributed by atoms with Crippen molar-refractivity contribution in [1.29, 1.82) is 0 Å². The zero-order chi connectivity index (χ0) is 20.9. The molecule has 0 radical (unpaired) electrons. The van der Waals surface area contributed by atoms with Crippen LogP contribution in [0.25, 0.3) is 10.8 Å². The third-order valence-electron chi connectivity index (χ3n) is 4.71. The molecule has 0 saturated heterocycles. The summed E-state index contributed by atoms with van der Waals surface area (Å²) >= 11 is 5.96. The monoisotopic (exact) mass is 416 g/mol. The minimum Gasteiger partial charge on any atom is -0.455 e. The van der Waals surface area contributed by atoms with Crippen molar-refractivity contribution in [2.24, 2.45) is 0 Å². The lowest BCUT2D eigenvalue weighted by molar-refractivity contribution is -0.114. The Hall–Kier alpha value is -3.50. The smallest absolute Gasteiger partial charge is 0.221 e. The van der Waals surface area contributed by atoms with Crippen molar-refractivity contribution in [3.05, 3.63) is 95.5 Å². The summed E-state index contributed by atoms with van der Waals surface area (Å²) in [5, 5.41) is 9.18. The van der Waals surface area contributed by atoms with Gasteiger partial charge in [0.2, 0.25) is 5.91 Å². The van der Waals surface area contributed by atoms with Gasteiger partial charge in [-0.25, -0.2) is 0 Å². The van der Waals surface area contributed by atoms with Gasteiger partial charge < -0.3 is 15.4 Å². The lowest BCUT2D eigenvalue weighted by atomic mass is 10.0. The summed E-state index contributed by atoms with van der Waals surface area (Å²) < 4.78 is 6.03. The van der Waals surface area contributed by atoms with E-state index < -0.39 is 0 Å². The van der Waals surface area contributed by atoms with Gasteiger partial charge in [-0.1, -0.05) is 60.1 Å². The fourth-order valence-electron chi connectivity index (χ4n) is 3.31. The molecule has 0 aliphatic rings. The number of hydrogen-bond donors (Lipinski definition) is 2. The van der Waals surface area contributed by atoms with Gasteiger partial charge >= 0.3 is 0 Å². The van der Waals surface area contributed by atoms with Crippen molar-refractivity contribution in [3.63, 3.8) is 0 Å². The minimum absolute atomic E-state index is 0.0981. The number of benzene rings is 4. The fourth-order valence-corrected chi connectivity index (χ4v) is 3.44. The lowest BCUT2D eigenvalue weighted by Gasteiger charge is -2.16. The molecular weight excluding hydrogens is 396 g/mol. The van der Waals surface area contributed by atoms with Crippen LogP contribution >= 0.6 is 11.6 Å². The number of ether oxygens (including phenoxy) is 1. The SMILES string of the molecule is CC(=O)Nc1c(CNc2ccccc2Oc2ccc(Cl)cc2)ccc2ccccc12. The van der Waals surface area contributed by atoms with Gasteiger partial charge in [0.1, 0.15) is 5.75 Å². The number of carbonyl (C=O) groups is 1. The summed E-state index contributed by atoms with van der Waals surface area (Å²) in [6.45, 7) is 2.05. The molecule has 5 heteroatoms. The lowest BCUT2D eigenvalue weighted by Crippen LogP contribution is -2.11. The van der Waals surface area contributed by atoms with Crippen LogP contribution in [-0.4, -0.2) is 5.91 Å². The molecule has 0 fully saturated rings. The highest BCUT2D eigenvalue weighted by molar-refractivity contribution is 6.30. The van der Waals surface area contributed by atoms with Gasteiger partial charge in [-0.15, -0.1) is 0 Å². The van der Waals surface area contributed by atoms with E-state index >= 15 is 0 Å². The van der Waals surface area contributed by atoms with Gasteiger partial charge in [0.05, 0.1) is 11.4 Å². The predicted molar refractivity (Wildman–Crippen MR) is 124 cm³/mol. The molecule has 30 heavy (non-hydrogen) atoms. The van der Waals surface area contributed by atoms with Crippen LogP contribution in [0.15, 0.2) is 84.9 Å². The van der Waals surface area contributed by atoms with E-state index in [1.807, 2.05) is 66.7 Å². The molecule has 0 saturated carbocycles. The van der Waals surface area contributed by atoms with Crippen LogP contribution in [0.2, 0.25) is 5.02 Å². The van der Waals surface area contributed by atoms with Crippen molar-refractivity contribution in [2.75, 3.05) is 10.6 Å². The summed E-state index contributed by atoms with van der Waals surface area (Å²) in [7, 11) is 0. The summed E-state index contributed by atoms with van der Waals surface area (Å²) in [5.41, 5.74) is 2.67. The van der Waals surface area contributed by atoms with E-state index in [-0.39, 0.29) is 5.91 Å². The summed E-state index contributed by atoms with van der Waals surface area (Å²) in [5.74, 6) is 1.32. The number of halogens is 1. The van der Waals surface area contributed by atoms with E-state index in [2.05, 4.69) is 16.7 Å². The first-order valence-corrected chi connectivity index (χ1v) is 10.0. The van der Waals surface area contributed by atoms with Gasteiger partial charge in [-0.05, 0) is 47.3 Å². The highest BCUT2D eigenvalue weighted by atomic mass is 35.5. The Morgan fingerprint density at radius 2 is 1.63 bits per heavy atom. The highest BCUT2D eigenvalue weighted by Gasteiger charge is 2.11. The Balaban J connectivity index is 1.60. The number of fused-ring (bicyclic) bond motifs is 1. The highest BCUT2D eigenvalue weighted by Crippen LogP contribution is 2.32. The Kier molecular flexibility index (Phi) is 5.87. The molecule has 4 rings (SSSR count). The third kappa shape index (κ3) is 4.56. The van der Waals surface area contributed by atoms with Crippen LogP contribution in [0.4, 0.5) is 11.4 Å². The number of nitrogens with one attached hydrogen (secondary N) is 2. The Morgan fingerprint density at radius 1 is 0.900 bits per heavy atom.